The van der Waals surface area contributed by atoms with Crippen LogP contribution in [0.5, 0.6) is 0 Å². The average molecular weight is 244 g/mol. The highest BCUT2D eigenvalue weighted by molar-refractivity contribution is 5.80. The van der Waals surface area contributed by atoms with Crippen molar-refractivity contribution in [2.75, 3.05) is 26.8 Å². The molecule has 1 unspecified atom stereocenters. The fraction of sp³-hybridized carbons (Fsp3) is 0.636. The van der Waals surface area contributed by atoms with Gasteiger partial charge in [0.05, 0.1) is 0 Å². The first-order chi connectivity index (χ1) is 8.01. The van der Waals surface area contributed by atoms with Crippen LogP contribution in [-0.2, 0) is 9.53 Å². The molecule has 0 aromatic rings. The van der Waals surface area contributed by atoms with Crippen LogP contribution in [0.4, 0.5) is 4.79 Å². The van der Waals surface area contributed by atoms with Crippen molar-refractivity contribution < 1.29 is 19.4 Å². The van der Waals surface area contributed by atoms with Gasteiger partial charge in [-0.25, -0.2) is 4.79 Å². The zero-order valence-electron chi connectivity index (χ0n) is 10.3. The normalized spacial score (nSPS) is 11.6. The topological polar surface area (TPSA) is 78.9 Å². The standard InChI is InChI=1S/C11H20N2O4/c1-4-6-13(8-10(14)15)11(16)12-9(2)5-7-17-3/h4,9H,1,5-8H2,2-3H3,(H,12,16)(H,14,15). The number of ether oxygens (including phenoxy) is 1. The number of amides is 2. The predicted molar refractivity (Wildman–Crippen MR) is 63.9 cm³/mol. The minimum Gasteiger partial charge on any atom is -0.480 e. The van der Waals surface area contributed by atoms with Crippen molar-refractivity contribution in [3.05, 3.63) is 12.7 Å². The second kappa shape index (κ2) is 8.58. The van der Waals surface area contributed by atoms with Gasteiger partial charge in [-0.1, -0.05) is 6.08 Å². The van der Waals surface area contributed by atoms with Gasteiger partial charge in [0.25, 0.3) is 0 Å². The van der Waals surface area contributed by atoms with Crippen LogP contribution in [0.2, 0.25) is 0 Å². The van der Waals surface area contributed by atoms with Gasteiger partial charge in [0.15, 0.2) is 0 Å². The van der Waals surface area contributed by atoms with Gasteiger partial charge in [0.2, 0.25) is 0 Å². The van der Waals surface area contributed by atoms with Crippen molar-refractivity contribution in [1.82, 2.24) is 10.2 Å². The van der Waals surface area contributed by atoms with Crippen LogP contribution >= 0.6 is 0 Å². The molecule has 6 nitrogen and oxygen atoms in total. The molecule has 17 heavy (non-hydrogen) atoms. The van der Waals surface area contributed by atoms with E-state index >= 15 is 0 Å². The first kappa shape index (κ1) is 15.4. The second-order valence-electron chi connectivity index (χ2n) is 3.69. The van der Waals surface area contributed by atoms with Crippen LogP contribution in [0.1, 0.15) is 13.3 Å². The summed E-state index contributed by atoms with van der Waals surface area (Å²) in [5, 5.41) is 11.4. The lowest BCUT2D eigenvalue weighted by Gasteiger charge is -2.22. The lowest BCUT2D eigenvalue weighted by molar-refractivity contribution is -0.137. The minimum atomic E-state index is -1.05. The summed E-state index contributed by atoms with van der Waals surface area (Å²) in [7, 11) is 1.59. The van der Waals surface area contributed by atoms with Crippen molar-refractivity contribution in [3.8, 4) is 0 Å². The van der Waals surface area contributed by atoms with E-state index in [0.717, 1.165) is 0 Å². The molecule has 0 saturated carbocycles. The van der Waals surface area contributed by atoms with Gasteiger partial charge in [-0.2, -0.15) is 0 Å². The number of urea groups is 1. The van der Waals surface area contributed by atoms with E-state index in [2.05, 4.69) is 11.9 Å². The Morgan fingerprint density at radius 1 is 1.59 bits per heavy atom. The van der Waals surface area contributed by atoms with E-state index in [-0.39, 0.29) is 19.1 Å². The van der Waals surface area contributed by atoms with Gasteiger partial charge in [-0.05, 0) is 13.3 Å². The summed E-state index contributed by atoms with van der Waals surface area (Å²) < 4.78 is 4.89. The Morgan fingerprint density at radius 2 is 2.24 bits per heavy atom. The molecule has 0 aromatic carbocycles. The minimum absolute atomic E-state index is 0.0661. The lowest BCUT2D eigenvalue weighted by Crippen LogP contribution is -2.46. The van der Waals surface area contributed by atoms with E-state index in [1.165, 1.54) is 11.0 Å². The molecule has 0 bridgehead atoms. The van der Waals surface area contributed by atoms with Crippen LogP contribution in [-0.4, -0.2) is 54.9 Å². The highest BCUT2D eigenvalue weighted by atomic mass is 16.5. The number of hydrogen-bond acceptors (Lipinski definition) is 3. The Bertz CT molecular complexity index is 268. The van der Waals surface area contributed by atoms with Gasteiger partial charge < -0.3 is 20.1 Å². The molecule has 2 N–H and O–H groups in total. The van der Waals surface area contributed by atoms with Crippen molar-refractivity contribution in [1.29, 1.82) is 0 Å². The van der Waals surface area contributed by atoms with Crippen LogP contribution in [0, 0.1) is 0 Å². The summed E-state index contributed by atoms with van der Waals surface area (Å²) in [6.07, 6.45) is 2.17. The maximum absolute atomic E-state index is 11.7. The lowest BCUT2D eigenvalue weighted by atomic mass is 10.2. The van der Waals surface area contributed by atoms with Crippen molar-refractivity contribution in [2.45, 2.75) is 19.4 Å². The molecule has 0 saturated heterocycles. The van der Waals surface area contributed by atoms with Crippen molar-refractivity contribution in [2.24, 2.45) is 0 Å². The number of methoxy groups -OCH3 is 1. The molecule has 0 aliphatic heterocycles. The summed E-state index contributed by atoms with van der Waals surface area (Å²) in [6.45, 7) is 5.73. The van der Waals surface area contributed by atoms with Gasteiger partial charge in [-0.3, -0.25) is 4.79 Å². The third kappa shape index (κ3) is 7.35. The summed E-state index contributed by atoms with van der Waals surface area (Å²) in [5.41, 5.74) is 0. The molecule has 0 radical (unpaired) electrons. The molecular formula is C11H20N2O4. The highest BCUT2D eigenvalue weighted by Crippen LogP contribution is 1.96. The maximum atomic E-state index is 11.7. The fourth-order valence-electron chi connectivity index (χ4n) is 1.21. The zero-order chi connectivity index (χ0) is 13.3. The molecule has 0 heterocycles. The predicted octanol–water partition coefficient (Wildman–Crippen LogP) is 0.694. The van der Waals surface area contributed by atoms with Crippen LogP contribution in [0.3, 0.4) is 0 Å². The van der Waals surface area contributed by atoms with Crippen LogP contribution < -0.4 is 5.32 Å². The van der Waals surface area contributed by atoms with E-state index in [1.807, 2.05) is 6.92 Å². The fourth-order valence-corrected chi connectivity index (χ4v) is 1.21. The highest BCUT2D eigenvalue weighted by Gasteiger charge is 2.16. The average Bonchev–Trinajstić information content (AvgIpc) is 2.25. The molecule has 0 spiro atoms. The molecule has 6 heteroatoms. The first-order valence-corrected chi connectivity index (χ1v) is 5.38. The summed E-state index contributed by atoms with van der Waals surface area (Å²) in [5.74, 6) is -1.05. The summed E-state index contributed by atoms with van der Waals surface area (Å²) >= 11 is 0. The van der Waals surface area contributed by atoms with Gasteiger partial charge in [0, 0.05) is 26.3 Å². The molecule has 2 amide bonds. The monoisotopic (exact) mass is 244 g/mol. The number of hydrogen-bond donors (Lipinski definition) is 2. The van der Waals surface area contributed by atoms with Gasteiger partial charge in [-0.15, -0.1) is 6.58 Å². The van der Waals surface area contributed by atoms with Gasteiger partial charge >= 0.3 is 12.0 Å². The number of carboxylic acids is 1. The smallest absolute Gasteiger partial charge is 0.323 e. The first-order valence-electron chi connectivity index (χ1n) is 5.38. The Balaban J connectivity index is 4.20. The van der Waals surface area contributed by atoms with E-state index in [0.29, 0.717) is 13.0 Å². The molecule has 0 aliphatic rings. The quantitative estimate of drug-likeness (QED) is 0.616. The van der Waals surface area contributed by atoms with Crippen molar-refractivity contribution in [3.63, 3.8) is 0 Å². The molecule has 0 fully saturated rings. The van der Waals surface area contributed by atoms with E-state index in [9.17, 15) is 9.59 Å². The van der Waals surface area contributed by atoms with Gasteiger partial charge in [0.1, 0.15) is 6.54 Å². The Morgan fingerprint density at radius 3 is 2.71 bits per heavy atom. The molecule has 0 rings (SSSR count). The number of nitrogens with zero attached hydrogens (tertiary/aromatic N) is 1. The molecule has 1 atom stereocenters. The third-order valence-corrected chi connectivity index (χ3v) is 2.09. The Kier molecular flexibility index (Phi) is 7.79. The van der Waals surface area contributed by atoms with E-state index in [1.54, 1.807) is 7.11 Å². The number of aliphatic carboxylic acids is 1. The van der Waals surface area contributed by atoms with E-state index in [4.69, 9.17) is 9.84 Å². The third-order valence-electron chi connectivity index (χ3n) is 2.09. The maximum Gasteiger partial charge on any atom is 0.323 e. The number of carbonyl (C=O) groups is 2. The number of nitrogens with one attached hydrogen (secondary N) is 1. The largest absolute Gasteiger partial charge is 0.480 e. The molecule has 0 aliphatic carbocycles. The SMILES string of the molecule is C=CCN(CC(=O)O)C(=O)NC(C)CCOC. The Hall–Kier alpha value is -1.56. The molecule has 98 valence electrons. The molecule has 0 aromatic heterocycles. The zero-order valence-corrected chi connectivity index (χ0v) is 10.3. The number of carboxylic acid groups (broad SMARTS) is 1. The number of rotatable bonds is 8. The summed E-state index contributed by atoms with van der Waals surface area (Å²) in [4.78, 5) is 23.5. The summed E-state index contributed by atoms with van der Waals surface area (Å²) in [6, 6.07) is -0.473. The van der Waals surface area contributed by atoms with E-state index < -0.39 is 12.0 Å². The van der Waals surface area contributed by atoms with Crippen LogP contribution in [0.15, 0.2) is 12.7 Å². The number of carbonyl (C=O) groups excluding carboxylic acids is 1. The Labute approximate surface area is 101 Å². The van der Waals surface area contributed by atoms with Crippen molar-refractivity contribution >= 4 is 12.0 Å². The second-order valence-corrected chi connectivity index (χ2v) is 3.69. The molecular weight excluding hydrogens is 224 g/mol. The van der Waals surface area contributed by atoms with Crippen LogP contribution in [0.25, 0.3) is 0 Å².